The summed E-state index contributed by atoms with van der Waals surface area (Å²) in [5.41, 5.74) is 1.89. The largest absolute Gasteiger partial charge is 0.310 e. The standard InChI is InChI=1S/C14H23BrN2O2S2/c1-10(2)16-9-12-7-11(3)14(15)13(8-12)21(18,19)17-5-6-20-4/h7-8,10,16-17H,5-6,9H2,1-4H3. The molecule has 1 aromatic rings. The highest BCUT2D eigenvalue weighted by molar-refractivity contribution is 9.10. The van der Waals surface area contributed by atoms with Crippen molar-refractivity contribution < 1.29 is 8.42 Å². The summed E-state index contributed by atoms with van der Waals surface area (Å²) in [6.45, 7) is 7.12. The average Bonchev–Trinajstić information content (AvgIpc) is 2.39. The monoisotopic (exact) mass is 394 g/mol. The molecule has 7 heteroatoms. The van der Waals surface area contributed by atoms with Crippen LogP contribution in [0.2, 0.25) is 0 Å². The Morgan fingerprint density at radius 2 is 2.00 bits per heavy atom. The quantitative estimate of drug-likeness (QED) is 0.665. The molecule has 0 saturated carbocycles. The highest BCUT2D eigenvalue weighted by atomic mass is 79.9. The Labute approximate surface area is 140 Å². The Morgan fingerprint density at radius 1 is 1.33 bits per heavy atom. The van der Waals surface area contributed by atoms with Gasteiger partial charge in [-0.1, -0.05) is 19.9 Å². The Hall–Kier alpha value is -0.0800. The molecule has 1 aromatic carbocycles. The zero-order chi connectivity index (χ0) is 16.0. The molecule has 0 heterocycles. The zero-order valence-corrected chi connectivity index (χ0v) is 16.1. The molecule has 0 radical (unpaired) electrons. The van der Waals surface area contributed by atoms with Crippen molar-refractivity contribution in [2.24, 2.45) is 0 Å². The topological polar surface area (TPSA) is 58.2 Å². The van der Waals surface area contributed by atoms with Crippen LogP contribution in [0.3, 0.4) is 0 Å². The van der Waals surface area contributed by atoms with Crippen LogP contribution < -0.4 is 10.0 Å². The van der Waals surface area contributed by atoms with E-state index in [9.17, 15) is 8.42 Å². The van der Waals surface area contributed by atoms with Crippen LogP contribution in [-0.2, 0) is 16.6 Å². The third-order valence-electron chi connectivity index (χ3n) is 2.88. The fourth-order valence-corrected chi connectivity index (χ4v) is 4.32. The number of sulfonamides is 1. The van der Waals surface area contributed by atoms with E-state index in [2.05, 4.69) is 39.8 Å². The van der Waals surface area contributed by atoms with Gasteiger partial charge in [-0.2, -0.15) is 11.8 Å². The number of halogens is 1. The third-order valence-corrected chi connectivity index (χ3v) is 6.30. The maximum absolute atomic E-state index is 12.4. The van der Waals surface area contributed by atoms with Gasteiger partial charge in [0, 0.05) is 29.4 Å². The van der Waals surface area contributed by atoms with Crippen molar-refractivity contribution in [1.82, 2.24) is 10.0 Å². The first kappa shape index (κ1) is 19.0. The summed E-state index contributed by atoms with van der Waals surface area (Å²) in [5.74, 6) is 0.754. The minimum atomic E-state index is -3.48. The van der Waals surface area contributed by atoms with E-state index in [1.807, 2.05) is 19.2 Å². The first-order valence-corrected chi connectivity index (χ1v) is 10.5. The lowest BCUT2D eigenvalue weighted by atomic mass is 10.1. The number of benzene rings is 1. The molecule has 0 atom stereocenters. The lowest BCUT2D eigenvalue weighted by molar-refractivity contribution is 0.580. The fourth-order valence-electron chi connectivity index (χ4n) is 1.78. The Morgan fingerprint density at radius 3 is 2.57 bits per heavy atom. The van der Waals surface area contributed by atoms with Crippen molar-refractivity contribution in [2.75, 3.05) is 18.6 Å². The summed E-state index contributed by atoms with van der Waals surface area (Å²) in [6.07, 6.45) is 1.95. The predicted octanol–water partition coefficient (Wildman–Crippen LogP) is 2.90. The van der Waals surface area contributed by atoms with Gasteiger partial charge in [-0.25, -0.2) is 13.1 Å². The molecule has 0 aliphatic rings. The molecule has 0 aliphatic carbocycles. The molecule has 0 unspecified atom stereocenters. The lowest BCUT2D eigenvalue weighted by Crippen LogP contribution is -2.27. The van der Waals surface area contributed by atoms with Crippen molar-refractivity contribution >= 4 is 37.7 Å². The molecule has 21 heavy (non-hydrogen) atoms. The number of thioether (sulfide) groups is 1. The Bertz CT molecular complexity index is 575. The van der Waals surface area contributed by atoms with E-state index in [0.717, 1.165) is 16.9 Å². The summed E-state index contributed by atoms with van der Waals surface area (Å²) in [4.78, 5) is 0.309. The van der Waals surface area contributed by atoms with Crippen LogP contribution in [0.4, 0.5) is 0 Å². The van der Waals surface area contributed by atoms with Crippen molar-refractivity contribution in [3.63, 3.8) is 0 Å². The Balaban J connectivity index is 3.04. The Kier molecular flexibility index (Phi) is 7.70. The first-order valence-electron chi connectivity index (χ1n) is 6.79. The number of hydrogen-bond acceptors (Lipinski definition) is 4. The maximum Gasteiger partial charge on any atom is 0.241 e. The van der Waals surface area contributed by atoms with Gasteiger partial charge in [0.15, 0.2) is 0 Å². The highest BCUT2D eigenvalue weighted by Crippen LogP contribution is 2.27. The molecule has 0 aliphatic heterocycles. The summed E-state index contributed by atoms with van der Waals surface area (Å²) in [5, 5.41) is 3.31. The SMILES string of the molecule is CSCCNS(=O)(=O)c1cc(CNC(C)C)cc(C)c1Br. The van der Waals surface area contributed by atoms with Gasteiger partial charge in [0.25, 0.3) is 0 Å². The zero-order valence-electron chi connectivity index (χ0n) is 12.9. The highest BCUT2D eigenvalue weighted by Gasteiger charge is 2.19. The molecule has 4 nitrogen and oxygen atoms in total. The average molecular weight is 395 g/mol. The summed E-state index contributed by atoms with van der Waals surface area (Å²) in [6, 6.07) is 4.09. The smallest absolute Gasteiger partial charge is 0.241 e. The molecule has 0 aromatic heterocycles. The van der Waals surface area contributed by atoms with Crippen LogP contribution in [-0.4, -0.2) is 33.0 Å². The molecular formula is C14H23BrN2O2S2. The van der Waals surface area contributed by atoms with E-state index >= 15 is 0 Å². The van der Waals surface area contributed by atoms with Crippen LogP contribution in [0.15, 0.2) is 21.5 Å². The molecular weight excluding hydrogens is 372 g/mol. The van der Waals surface area contributed by atoms with E-state index in [1.54, 1.807) is 17.8 Å². The van der Waals surface area contributed by atoms with Gasteiger partial charge < -0.3 is 5.32 Å². The summed E-state index contributed by atoms with van der Waals surface area (Å²) >= 11 is 5.01. The molecule has 2 N–H and O–H groups in total. The van der Waals surface area contributed by atoms with E-state index in [-0.39, 0.29) is 0 Å². The second-order valence-electron chi connectivity index (χ2n) is 5.15. The van der Waals surface area contributed by atoms with Gasteiger partial charge in [-0.15, -0.1) is 0 Å². The van der Waals surface area contributed by atoms with Crippen LogP contribution in [0.1, 0.15) is 25.0 Å². The van der Waals surface area contributed by atoms with Crippen molar-refractivity contribution in [3.8, 4) is 0 Å². The van der Waals surface area contributed by atoms with Gasteiger partial charge in [0.05, 0.1) is 4.90 Å². The molecule has 0 amide bonds. The minimum absolute atomic E-state index is 0.309. The number of aryl methyl sites for hydroxylation is 1. The summed E-state index contributed by atoms with van der Waals surface area (Å²) < 4.78 is 28.1. The van der Waals surface area contributed by atoms with Gasteiger partial charge in [-0.05, 0) is 46.3 Å². The van der Waals surface area contributed by atoms with E-state index in [0.29, 0.717) is 28.5 Å². The number of nitrogens with one attached hydrogen (secondary N) is 2. The van der Waals surface area contributed by atoms with Gasteiger partial charge >= 0.3 is 0 Å². The molecule has 1 rings (SSSR count). The van der Waals surface area contributed by atoms with Gasteiger partial charge in [-0.3, -0.25) is 0 Å². The molecule has 120 valence electrons. The molecule has 0 spiro atoms. The number of hydrogen-bond donors (Lipinski definition) is 2. The predicted molar refractivity (Wildman–Crippen MR) is 94.4 cm³/mol. The maximum atomic E-state index is 12.4. The second kappa shape index (κ2) is 8.53. The molecule has 0 saturated heterocycles. The van der Waals surface area contributed by atoms with Gasteiger partial charge in [0.2, 0.25) is 10.0 Å². The van der Waals surface area contributed by atoms with Crippen LogP contribution >= 0.6 is 27.7 Å². The van der Waals surface area contributed by atoms with Crippen molar-refractivity contribution in [1.29, 1.82) is 0 Å². The first-order chi connectivity index (χ1) is 9.77. The van der Waals surface area contributed by atoms with E-state index in [4.69, 9.17) is 0 Å². The van der Waals surface area contributed by atoms with Crippen molar-refractivity contribution in [3.05, 3.63) is 27.7 Å². The van der Waals surface area contributed by atoms with E-state index in [1.165, 1.54) is 0 Å². The normalized spacial score (nSPS) is 12.1. The lowest BCUT2D eigenvalue weighted by Gasteiger charge is -2.14. The van der Waals surface area contributed by atoms with Gasteiger partial charge in [0.1, 0.15) is 0 Å². The minimum Gasteiger partial charge on any atom is -0.310 e. The second-order valence-corrected chi connectivity index (χ2v) is 8.66. The number of rotatable bonds is 8. The summed E-state index contributed by atoms with van der Waals surface area (Å²) in [7, 11) is -3.48. The molecule has 0 fully saturated rings. The van der Waals surface area contributed by atoms with E-state index < -0.39 is 10.0 Å². The van der Waals surface area contributed by atoms with Crippen molar-refractivity contribution in [2.45, 2.75) is 38.3 Å². The fraction of sp³-hybridized carbons (Fsp3) is 0.571. The molecule has 0 bridgehead atoms. The van der Waals surface area contributed by atoms with Crippen LogP contribution in [0.25, 0.3) is 0 Å². The third kappa shape index (κ3) is 5.90. The van der Waals surface area contributed by atoms with Crippen LogP contribution in [0.5, 0.6) is 0 Å². The van der Waals surface area contributed by atoms with Crippen LogP contribution in [0, 0.1) is 6.92 Å².